The number of halogens is 1. The summed E-state index contributed by atoms with van der Waals surface area (Å²) in [4.78, 5) is 23.1. The van der Waals surface area contributed by atoms with Gasteiger partial charge in [0.05, 0.1) is 11.6 Å². The summed E-state index contributed by atoms with van der Waals surface area (Å²) in [6.07, 6.45) is 8.74. The maximum atomic E-state index is 12.8. The maximum absolute atomic E-state index is 12.8. The number of benzene rings is 2. The molecule has 2 aromatic rings. The van der Waals surface area contributed by atoms with E-state index in [1.54, 1.807) is 19.9 Å². The molecule has 2 rings (SSSR count). The number of unbranched alkanes of at least 4 members (excludes halogenated alkanes) is 7. The van der Waals surface area contributed by atoms with Crippen LogP contribution >= 0.6 is 11.6 Å². The molecule has 0 radical (unpaired) electrons. The molecule has 2 aromatic carbocycles. The van der Waals surface area contributed by atoms with Gasteiger partial charge in [-0.2, -0.15) is 0 Å². The minimum Gasteiger partial charge on any atom is -0.507 e. The molecule has 9 nitrogen and oxygen atoms in total. The molecular formula is C27H37ClN2O7S. The second-order valence-corrected chi connectivity index (χ2v) is 11.0. The number of phenolic OH excluding ortho intramolecular Hbond substituents is 1. The number of esters is 1. The fraction of sp³-hybridized carbons (Fsp3) is 0.481. The van der Waals surface area contributed by atoms with Gasteiger partial charge in [0.15, 0.2) is 0 Å². The van der Waals surface area contributed by atoms with Gasteiger partial charge in [-0.05, 0) is 50.1 Å². The van der Waals surface area contributed by atoms with Gasteiger partial charge in [-0.25, -0.2) is 17.9 Å². The first-order valence-electron chi connectivity index (χ1n) is 12.9. The number of aryl methyl sites for hydroxylation is 1. The summed E-state index contributed by atoms with van der Waals surface area (Å²) < 4.78 is 38.7. The van der Waals surface area contributed by atoms with Crippen molar-refractivity contribution in [2.75, 3.05) is 18.5 Å². The van der Waals surface area contributed by atoms with Crippen molar-refractivity contribution in [2.45, 2.75) is 77.0 Å². The number of hydrogen-bond acceptors (Lipinski definition) is 7. The zero-order valence-electron chi connectivity index (χ0n) is 22.1. The Morgan fingerprint density at radius 1 is 0.974 bits per heavy atom. The predicted octanol–water partition coefficient (Wildman–Crippen LogP) is 6.07. The molecule has 3 N–H and O–H groups in total. The first kappa shape index (κ1) is 31.4. The zero-order valence-corrected chi connectivity index (χ0v) is 23.7. The number of carbonyl (C=O) groups excluding carboxylic acids is 2. The molecule has 1 amide bonds. The monoisotopic (exact) mass is 568 g/mol. The van der Waals surface area contributed by atoms with Crippen molar-refractivity contribution in [1.82, 2.24) is 4.72 Å². The van der Waals surface area contributed by atoms with E-state index >= 15 is 0 Å². The van der Waals surface area contributed by atoms with Crippen LogP contribution in [-0.2, 0) is 24.3 Å². The van der Waals surface area contributed by atoms with E-state index in [4.69, 9.17) is 16.3 Å². The van der Waals surface area contributed by atoms with Crippen LogP contribution in [-0.4, -0.2) is 38.6 Å². The summed E-state index contributed by atoms with van der Waals surface area (Å²) in [7, 11) is -3.97. The molecular weight excluding hydrogens is 532 g/mol. The van der Waals surface area contributed by atoms with E-state index in [-0.39, 0.29) is 40.3 Å². The van der Waals surface area contributed by atoms with Gasteiger partial charge < -0.3 is 19.9 Å². The summed E-state index contributed by atoms with van der Waals surface area (Å²) >= 11 is 6.34. The van der Waals surface area contributed by atoms with Crippen LogP contribution in [0.5, 0.6) is 17.2 Å². The summed E-state index contributed by atoms with van der Waals surface area (Å²) in [6.45, 7) is 5.78. The Balaban J connectivity index is 2.03. The van der Waals surface area contributed by atoms with Crippen LogP contribution in [0.25, 0.3) is 0 Å². The van der Waals surface area contributed by atoms with Crippen molar-refractivity contribution in [3.8, 4) is 17.2 Å². The van der Waals surface area contributed by atoms with Gasteiger partial charge in [-0.15, -0.1) is 0 Å². The number of anilines is 1. The Morgan fingerprint density at radius 2 is 1.63 bits per heavy atom. The van der Waals surface area contributed by atoms with Crippen LogP contribution in [0.2, 0.25) is 5.02 Å². The lowest BCUT2D eigenvalue weighted by molar-refractivity contribution is -0.152. The normalized spacial score (nSPS) is 11.3. The summed E-state index contributed by atoms with van der Waals surface area (Å²) in [6, 6.07) is 6.81. The summed E-state index contributed by atoms with van der Waals surface area (Å²) in [5.74, 6) is -2.00. The second kappa shape index (κ2) is 15.6. The van der Waals surface area contributed by atoms with Crippen LogP contribution in [0.4, 0.5) is 5.69 Å². The molecule has 0 fully saturated rings. The second-order valence-electron chi connectivity index (χ2n) is 8.88. The number of hydrogen-bond donors (Lipinski definition) is 3. The van der Waals surface area contributed by atoms with Crippen LogP contribution in [0.1, 0.15) is 70.8 Å². The quantitative estimate of drug-likeness (QED) is 0.135. The molecule has 38 heavy (non-hydrogen) atoms. The molecule has 0 aliphatic rings. The molecule has 0 heterocycles. The van der Waals surface area contributed by atoms with Crippen LogP contribution in [0.15, 0.2) is 35.2 Å². The van der Waals surface area contributed by atoms with E-state index in [1.807, 2.05) is 0 Å². The smallest absolute Gasteiger partial charge is 0.397 e. The molecule has 0 spiro atoms. The van der Waals surface area contributed by atoms with Gasteiger partial charge in [0, 0.05) is 18.3 Å². The molecule has 0 saturated carbocycles. The summed E-state index contributed by atoms with van der Waals surface area (Å²) in [5, 5.41) is 12.7. The lowest BCUT2D eigenvalue weighted by atomic mass is 10.1. The maximum Gasteiger partial charge on any atom is 0.397 e. The number of sulfonamides is 1. The lowest BCUT2D eigenvalue weighted by Crippen LogP contribution is -2.25. The average Bonchev–Trinajstić information content (AvgIpc) is 2.86. The van der Waals surface area contributed by atoms with E-state index in [1.165, 1.54) is 49.9 Å². The topological polar surface area (TPSA) is 131 Å². The fourth-order valence-corrected chi connectivity index (χ4v) is 5.23. The van der Waals surface area contributed by atoms with E-state index in [2.05, 4.69) is 21.7 Å². The fourth-order valence-electron chi connectivity index (χ4n) is 3.75. The third kappa shape index (κ3) is 9.81. The predicted molar refractivity (Wildman–Crippen MR) is 147 cm³/mol. The van der Waals surface area contributed by atoms with E-state index < -0.39 is 27.6 Å². The molecule has 0 saturated heterocycles. The molecule has 0 atom stereocenters. The molecule has 210 valence electrons. The van der Waals surface area contributed by atoms with E-state index in [0.29, 0.717) is 12.0 Å². The molecule has 0 aliphatic heterocycles. The molecule has 11 heteroatoms. The van der Waals surface area contributed by atoms with Crippen molar-refractivity contribution < 1.29 is 32.6 Å². The highest BCUT2D eigenvalue weighted by Gasteiger charge is 2.21. The number of aromatic hydroxyl groups is 1. The number of carbonyl (C=O) groups is 2. The highest BCUT2D eigenvalue weighted by molar-refractivity contribution is 7.89. The first-order valence-corrected chi connectivity index (χ1v) is 14.7. The van der Waals surface area contributed by atoms with Gasteiger partial charge in [-0.1, -0.05) is 63.5 Å². The van der Waals surface area contributed by atoms with Crippen molar-refractivity contribution in [2.24, 2.45) is 0 Å². The zero-order chi connectivity index (χ0) is 28.1. The van der Waals surface area contributed by atoms with Gasteiger partial charge in [-0.3, -0.25) is 4.79 Å². The standard InChI is InChI=1S/C27H37ClN2O7S/c1-4-6-7-8-9-10-11-12-15-29-38(34,35)24-18-21(13-14-23(24)31)37-25-19(3)16-20(17-22(25)28)30-26(32)27(33)36-5-2/h13-14,16-18,29,31H,4-12,15H2,1-3H3,(H,30,32). The Morgan fingerprint density at radius 3 is 2.26 bits per heavy atom. The Labute approximate surface area is 229 Å². The number of ether oxygens (including phenoxy) is 2. The molecule has 0 unspecified atom stereocenters. The van der Waals surface area contributed by atoms with Gasteiger partial charge in [0.25, 0.3) is 0 Å². The molecule has 0 bridgehead atoms. The number of nitrogens with one attached hydrogen (secondary N) is 2. The van der Waals surface area contributed by atoms with Crippen molar-refractivity contribution in [1.29, 1.82) is 0 Å². The number of amides is 1. The first-order chi connectivity index (χ1) is 18.1. The van der Waals surface area contributed by atoms with Crippen molar-refractivity contribution in [3.05, 3.63) is 40.9 Å². The minimum absolute atomic E-state index is 0.0673. The SMILES string of the molecule is CCCCCCCCCCNS(=O)(=O)c1cc(Oc2c(C)cc(NC(=O)C(=O)OCC)cc2Cl)ccc1O. The van der Waals surface area contributed by atoms with E-state index in [9.17, 15) is 23.1 Å². The Kier molecular flexibility index (Phi) is 12.9. The minimum atomic E-state index is -3.97. The van der Waals surface area contributed by atoms with Gasteiger partial charge in [0.2, 0.25) is 10.0 Å². The van der Waals surface area contributed by atoms with Crippen LogP contribution in [0.3, 0.4) is 0 Å². The number of phenols is 1. The van der Waals surface area contributed by atoms with Crippen LogP contribution in [0, 0.1) is 6.92 Å². The highest BCUT2D eigenvalue weighted by Crippen LogP contribution is 2.37. The van der Waals surface area contributed by atoms with Gasteiger partial charge >= 0.3 is 11.9 Å². The van der Waals surface area contributed by atoms with Gasteiger partial charge in [0.1, 0.15) is 22.1 Å². The Hall–Kier alpha value is -2.82. The average molecular weight is 569 g/mol. The molecule has 0 aromatic heterocycles. The van der Waals surface area contributed by atoms with E-state index in [0.717, 1.165) is 19.3 Å². The van der Waals surface area contributed by atoms with Crippen molar-refractivity contribution >= 4 is 39.2 Å². The Bertz CT molecular complexity index is 1180. The molecule has 0 aliphatic carbocycles. The lowest BCUT2D eigenvalue weighted by Gasteiger charge is -2.15. The highest BCUT2D eigenvalue weighted by atomic mass is 35.5. The summed E-state index contributed by atoms with van der Waals surface area (Å²) in [5.41, 5.74) is 0.777. The number of rotatable bonds is 15. The third-order valence-corrected chi connectivity index (χ3v) is 7.48. The largest absolute Gasteiger partial charge is 0.507 e. The third-order valence-electron chi connectivity index (χ3n) is 5.71. The van der Waals surface area contributed by atoms with Crippen LogP contribution < -0.4 is 14.8 Å². The van der Waals surface area contributed by atoms with Crippen molar-refractivity contribution in [3.63, 3.8) is 0 Å².